The van der Waals surface area contributed by atoms with Gasteiger partial charge in [-0.25, -0.2) is 9.97 Å². The summed E-state index contributed by atoms with van der Waals surface area (Å²) in [6, 6.07) is 9.66. The van der Waals surface area contributed by atoms with E-state index in [9.17, 15) is 0 Å². The number of hydrogen-bond donors (Lipinski definition) is 1. The molecule has 1 N–H and O–H groups in total. The first kappa shape index (κ1) is 12.9. The van der Waals surface area contributed by atoms with Gasteiger partial charge in [-0.2, -0.15) is 0 Å². The third-order valence-electron chi connectivity index (χ3n) is 3.17. The smallest absolute Gasteiger partial charge is 0.145 e. The van der Waals surface area contributed by atoms with Gasteiger partial charge in [-0.1, -0.05) is 18.1 Å². The molecule has 0 fully saturated rings. The van der Waals surface area contributed by atoms with Crippen LogP contribution in [0.15, 0.2) is 55.5 Å². The van der Waals surface area contributed by atoms with Gasteiger partial charge in [0.1, 0.15) is 17.8 Å². The van der Waals surface area contributed by atoms with Gasteiger partial charge >= 0.3 is 0 Å². The molecule has 0 radical (unpaired) electrons. The number of rotatable bonds is 4. The van der Waals surface area contributed by atoms with Crippen molar-refractivity contribution < 1.29 is 0 Å². The van der Waals surface area contributed by atoms with Gasteiger partial charge in [-0.3, -0.25) is 0 Å². The first-order chi connectivity index (χ1) is 10.3. The number of terminal acetylenes is 1. The van der Waals surface area contributed by atoms with Gasteiger partial charge in [-0.05, 0) is 24.3 Å². The number of nitrogens with zero attached hydrogens (tertiary/aromatic N) is 3. The van der Waals surface area contributed by atoms with E-state index in [1.165, 1.54) is 0 Å². The van der Waals surface area contributed by atoms with E-state index < -0.39 is 0 Å². The van der Waals surface area contributed by atoms with Crippen molar-refractivity contribution in [1.82, 2.24) is 14.5 Å². The molecule has 3 rings (SSSR count). The summed E-state index contributed by atoms with van der Waals surface area (Å²) in [7, 11) is 0. The highest BCUT2D eigenvalue weighted by Crippen LogP contribution is 2.24. The van der Waals surface area contributed by atoms with Crippen molar-refractivity contribution in [3.05, 3.63) is 61.1 Å². The molecule has 0 saturated carbocycles. The molecule has 2 heterocycles. The molecule has 0 saturated heterocycles. The third kappa shape index (κ3) is 2.49. The number of anilines is 2. The highest BCUT2D eigenvalue weighted by atomic mass is 15.1. The predicted molar refractivity (Wildman–Crippen MR) is 85.4 cm³/mol. The van der Waals surface area contributed by atoms with Crippen LogP contribution in [0.5, 0.6) is 0 Å². The Morgan fingerprint density at radius 3 is 3.05 bits per heavy atom. The van der Waals surface area contributed by atoms with Crippen LogP contribution in [0.4, 0.5) is 11.5 Å². The topological polar surface area (TPSA) is 42.7 Å². The second-order valence-corrected chi connectivity index (χ2v) is 4.57. The van der Waals surface area contributed by atoms with Crippen LogP contribution in [0, 0.1) is 12.3 Å². The lowest BCUT2D eigenvalue weighted by atomic mass is 10.2. The van der Waals surface area contributed by atoms with E-state index in [1.807, 2.05) is 47.2 Å². The third-order valence-corrected chi connectivity index (χ3v) is 3.17. The highest BCUT2D eigenvalue weighted by molar-refractivity contribution is 5.89. The largest absolute Gasteiger partial charge is 0.340 e. The van der Waals surface area contributed by atoms with Crippen molar-refractivity contribution in [2.45, 2.75) is 6.54 Å². The average molecular weight is 274 g/mol. The Bertz CT molecular complexity index is 839. The average Bonchev–Trinajstić information content (AvgIpc) is 2.92. The molecule has 0 aliphatic heterocycles. The maximum atomic E-state index is 5.42. The Morgan fingerprint density at radius 2 is 2.24 bits per heavy atom. The quantitative estimate of drug-likeness (QED) is 0.586. The van der Waals surface area contributed by atoms with E-state index in [0.717, 1.165) is 28.1 Å². The fourth-order valence-electron chi connectivity index (χ4n) is 2.21. The molecule has 3 aromatic rings. The molecule has 0 aliphatic carbocycles. The Balaban J connectivity index is 2.01. The minimum atomic E-state index is 0.715. The molecule has 0 aliphatic rings. The van der Waals surface area contributed by atoms with E-state index in [0.29, 0.717) is 6.54 Å². The zero-order valence-electron chi connectivity index (χ0n) is 11.5. The fourth-order valence-corrected chi connectivity index (χ4v) is 2.21. The normalized spacial score (nSPS) is 10.2. The van der Waals surface area contributed by atoms with Crippen LogP contribution >= 0.6 is 0 Å². The van der Waals surface area contributed by atoms with Crippen molar-refractivity contribution in [1.29, 1.82) is 0 Å². The first-order valence-corrected chi connectivity index (χ1v) is 6.56. The van der Waals surface area contributed by atoms with Crippen LogP contribution in [0.25, 0.3) is 11.0 Å². The van der Waals surface area contributed by atoms with Gasteiger partial charge in [-0.15, -0.1) is 13.0 Å². The van der Waals surface area contributed by atoms with Crippen LogP contribution in [0.1, 0.15) is 5.56 Å². The molecule has 2 aromatic heterocycles. The second-order valence-electron chi connectivity index (χ2n) is 4.57. The lowest BCUT2D eigenvalue weighted by molar-refractivity contribution is 0.850. The van der Waals surface area contributed by atoms with E-state index >= 15 is 0 Å². The van der Waals surface area contributed by atoms with Crippen molar-refractivity contribution in [2.75, 3.05) is 5.32 Å². The van der Waals surface area contributed by atoms with Crippen LogP contribution in [-0.4, -0.2) is 14.5 Å². The molecule has 0 atom stereocenters. The van der Waals surface area contributed by atoms with Gasteiger partial charge in [0.05, 0.1) is 5.39 Å². The van der Waals surface area contributed by atoms with Gasteiger partial charge in [0, 0.05) is 24.0 Å². The molecule has 0 unspecified atom stereocenters. The highest BCUT2D eigenvalue weighted by Gasteiger charge is 2.08. The molecule has 0 bridgehead atoms. The number of hydrogen-bond acceptors (Lipinski definition) is 3. The maximum Gasteiger partial charge on any atom is 0.145 e. The monoisotopic (exact) mass is 274 g/mol. The van der Waals surface area contributed by atoms with E-state index in [4.69, 9.17) is 6.42 Å². The van der Waals surface area contributed by atoms with Crippen molar-refractivity contribution >= 4 is 22.5 Å². The lowest BCUT2D eigenvalue weighted by Crippen LogP contribution is -1.98. The predicted octanol–water partition coefficient (Wildman–Crippen LogP) is 3.34. The zero-order valence-corrected chi connectivity index (χ0v) is 11.5. The van der Waals surface area contributed by atoms with Crippen molar-refractivity contribution in [3.8, 4) is 12.3 Å². The Kier molecular flexibility index (Phi) is 3.40. The van der Waals surface area contributed by atoms with Crippen LogP contribution < -0.4 is 5.32 Å². The van der Waals surface area contributed by atoms with E-state index in [2.05, 4.69) is 27.8 Å². The summed E-state index contributed by atoms with van der Waals surface area (Å²) >= 11 is 0. The molecule has 1 aromatic carbocycles. The molecule has 4 nitrogen and oxygen atoms in total. The van der Waals surface area contributed by atoms with Crippen LogP contribution in [-0.2, 0) is 6.54 Å². The van der Waals surface area contributed by atoms with E-state index in [-0.39, 0.29) is 0 Å². The standard InChI is InChI=1S/C17H14N4/c1-3-9-21-10-8-15-16(18-12-19-17(15)21)20-14-7-5-6-13(4-2)11-14/h2-3,5-8,10-12H,1,9H2,(H,18,19,20). The van der Waals surface area contributed by atoms with Crippen molar-refractivity contribution in [3.63, 3.8) is 0 Å². The van der Waals surface area contributed by atoms with Gasteiger partial charge in [0.2, 0.25) is 0 Å². The Hall–Kier alpha value is -3.06. The SMILES string of the molecule is C#Cc1cccc(Nc2ncnc3c2ccn3CC=C)c1. The molecule has 0 spiro atoms. The van der Waals surface area contributed by atoms with Gasteiger partial charge in [0.25, 0.3) is 0 Å². The minimum absolute atomic E-state index is 0.715. The lowest BCUT2D eigenvalue weighted by Gasteiger charge is -2.07. The van der Waals surface area contributed by atoms with Crippen LogP contribution in [0.2, 0.25) is 0 Å². The summed E-state index contributed by atoms with van der Waals surface area (Å²) in [6.07, 6.45) is 10.8. The molecular formula is C17H14N4. The molecule has 21 heavy (non-hydrogen) atoms. The fraction of sp³-hybridized carbons (Fsp3) is 0.0588. The zero-order chi connectivity index (χ0) is 14.7. The summed E-state index contributed by atoms with van der Waals surface area (Å²) < 4.78 is 2.02. The van der Waals surface area contributed by atoms with E-state index in [1.54, 1.807) is 6.33 Å². The summed E-state index contributed by atoms with van der Waals surface area (Å²) in [5, 5.41) is 4.25. The number of allylic oxidation sites excluding steroid dienone is 1. The summed E-state index contributed by atoms with van der Waals surface area (Å²) in [5.41, 5.74) is 2.61. The number of fused-ring (bicyclic) bond motifs is 1. The molecule has 4 heteroatoms. The van der Waals surface area contributed by atoms with Crippen molar-refractivity contribution in [2.24, 2.45) is 0 Å². The van der Waals surface area contributed by atoms with Crippen LogP contribution in [0.3, 0.4) is 0 Å². The summed E-state index contributed by atoms with van der Waals surface area (Å²) in [5.74, 6) is 3.38. The Morgan fingerprint density at radius 1 is 1.33 bits per heavy atom. The second kappa shape index (κ2) is 5.51. The number of nitrogens with one attached hydrogen (secondary N) is 1. The maximum absolute atomic E-state index is 5.42. The summed E-state index contributed by atoms with van der Waals surface area (Å²) in [6.45, 7) is 4.47. The molecular weight excluding hydrogens is 260 g/mol. The molecule has 102 valence electrons. The first-order valence-electron chi connectivity index (χ1n) is 6.56. The minimum Gasteiger partial charge on any atom is -0.340 e. The number of benzene rings is 1. The van der Waals surface area contributed by atoms with Gasteiger partial charge in [0.15, 0.2) is 0 Å². The number of aromatic nitrogens is 3. The van der Waals surface area contributed by atoms with Gasteiger partial charge < -0.3 is 9.88 Å². The summed E-state index contributed by atoms with van der Waals surface area (Å²) in [4.78, 5) is 8.65. The molecule has 0 amide bonds. The Labute approximate surface area is 123 Å².